The number of rotatable bonds is 6. The van der Waals surface area contributed by atoms with E-state index in [4.69, 9.17) is 4.74 Å². The molecule has 1 atom stereocenters. The lowest BCUT2D eigenvalue weighted by atomic mass is 10.1. The zero-order valence-electron chi connectivity index (χ0n) is 15.4. The van der Waals surface area contributed by atoms with E-state index in [1.807, 2.05) is 18.4 Å². The quantitative estimate of drug-likeness (QED) is 0.529. The van der Waals surface area contributed by atoms with Gasteiger partial charge in [-0.15, -0.1) is 11.8 Å². The summed E-state index contributed by atoms with van der Waals surface area (Å²) in [6, 6.07) is 6.85. The van der Waals surface area contributed by atoms with Crippen molar-refractivity contribution >= 4 is 33.5 Å². The maximum atomic E-state index is 12.9. The first kappa shape index (κ1) is 20.2. The fourth-order valence-corrected chi connectivity index (χ4v) is 6.27. The second-order valence-corrected chi connectivity index (χ2v) is 10.1. The third-order valence-electron chi connectivity index (χ3n) is 5.26. The maximum absolute atomic E-state index is 12.9. The Bertz CT molecular complexity index is 802. The molecule has 1 saturated carbocycles. The van der Waals surface area contributed by atoms with Gasteiger partial charge >= 0.3 is 5.97 Å². The van der Waals surface area contributed by atoms with Crippen LogP contribution in [0.2, 0.25) is 0 Å². The van der Waals surface area contributed by atoms with Gasteiger partial charge < -0.3 is 9.64 Å². The summed E-state index contributed by atoms with van der Waals surface area (Å²) in [4.78, 5) is 27.8. The molecule has 27 heavy (non-hydrogen) atoms. The molecule has 1 aliphatic carbocycles. The molecule has 0 aromatic heterocycles. The van der Waals surface area contributed by atoms with Crippen LogP contribution in [0.1, 0.15) is 42.5 Å². The van der Waals surface area contributed by atoms with Crippen LogP contribution in [0.25, 0.3) is 0 Å². The van der Waals surface area contributed by atoms with Gasteiger partial charge in [-0.2, -0.15) is 0 Å². The number of carbonyl (C=O) groups excluding carboxylic acids is 2. The molecule has 1 aliphatic heterocycles. The van der Waals surface area contributed by atoms with E-state index in [0.717, 1.165) is 30.6 Å². The Balaban J connectivity index is 1.68. The summed E-state index contributed by atoms with van der Waals surface area (Å²) in [7, 11) is -3.09. The summed E-state index contributed by atoms with van der Waals surface area (Å²) < 4.78 is 29.0. The number of hydrogen-bond donors (Lipinski definition) is 0. The summed E-state index contributed by atoms with van der Waals surface area (Å²) in [6.45, 7) is -0.353. The number of esters is 1. The first-order valence-corrected chi connectivity index (χ1v) is 12.3. The number of benzene rings is 1. The summed E-state index contributed by atoms with van der Waals surface area (Å²) in [5.74, 6) is -0.689. The van der Waals surface area contributed by atoms with Gasteiger partial charge in [-0.05, 0) is 37.7 Å². The van der Waals surface area contributed by atoms with Crippen LogP contribution in [0, 0.1) is 0 Å². The predicted octanol–water partition coefficient (Wildman–Crippen LogP) is 2.52. The van der Waals surface area contributed by atoms with Crippen molar-refractivity contribution in [1.82, 2.24) is 4.90 Å². The summed E-state index contributed by atoms with van der Waals surface area (Å²) in [5.41, 5.74) is 0.439. The molecule has 0 bridgehead atoms. The van der Waals surface area contributed by atoms with Crippen molar-refractivity contribution in [3.8, 4) is 0 Å². The molecule has 0 unspecified atom stereocenters. The molecule has 6 nitrogen and oxygen atoms in total. The minimum atomic E-state index is -3.09. The van der Waals surface area contributed by atoms with Gasteiger partial charge in [-0.1, -0.05) is 25.0 Å². The molecule has 2 fully saturated rings. The number of ether oxygens (including phenoxy) is 1. The van der Waals surface area contributed by atoms with E-state index < -0.39 is 15.8 Å². The van der Waals surface area contributed by atoms with Gasteiger partial charge in [0.2, 0.25) is 0 Å². The Labute approximate surface area is 164 Å². The SMILES string of the molecule is CSc1ccccc1C(=O)OCC(=O)N(C1CCCC1)[C@H]1CCS(=O)(=O)C1. The molecular weight excluding hydrogens is 386 g/mol. The van der Waals surface area contributed by atoms with Gasteiger partial charge in [0.1, 0.15) is 0 Å². The first-order chi connectivity index (χ1) is 12.9. The Hall–Kier alpha value is -1.54. The number of hydrogen-bond acceptors (Lipinski definition) is 6. The third kappa shape index (κ3) is 4.85. The molecule has 0 radical (unpaired) electrons. The molecular formula is C19H25NO5S2. The molecule has 1 heterocycles. The first-order valence-electron chi connectivity index (χ1n) is 9.23. The van der Waals surface area contributed by atoms with Crippen LogP contribution in [0.3, 0.4) is 0 Å². The Kier molecular flexibility index (Phi) is 6.47. The summed E-state index contributed by atoms with van der Waals surface area (Å²) in [6.07, 6.45) is 6.17. The van der Waals surface area contributed by atoms with E-state index in [9.17, 15) is 18.0 Å². The second-order valence-electron chi connectivity index (χ2n) is 7.07. The topological polar surface area (TPSA) is 80.8 Å². The van der Waals surface area contributed by atoms with Crippen LogP contribution in [-0.2, 0) is 19.4 Å². The molecule has 1 aromatic rings. The Morgan fingerprint density at radius 3 is 2.48 bits per heavy atom. The molecule has 8 heteroatoms. The molecule has 2 aliphatic rings. The summed E-state index contributed by atoms with van der Waals surface area (Å²) in [5, 5.41) is 0. The van der Waals surface area contributed by atoms with E-state index in [-0.39, 0.29) is 36.1 Å². The number of carbonyl (C=O) groups is 2. The van der Waals surface area contributed by atoms with Crippen molar-refractivity contribution in [1.29, 1.82) is 0 Å². The second kappa shape index (κ2) is 8.65. The molecule has 0 N–H and O–H groups in total. The van der Waals surface area contributed by atoms with Gasteiger partial charge in [0.25, 0.3) is 5.91 Å². The molecule has 148 valence electrons. The minimum absolute atomic E-state index is 0.0124. The van der Waals surface area contributed by atoms with E-state index in [2.05, 4.69) is 0 Å². The van der Waals surface area contributed by atoms with Crippen LogP contribution in [0.15, 0.2) is 29.2 Å². The monoisotopic (exact) mass is 411 g/mol. The molecule has 0 spiro atoms. The molecule has 1 aromatic carbocycles. The number of amides is 1. The van der Waals surface area contributed by atoms with E-state index >= 15 is 0 Å². The zero-order valence-corrected chi connectivity index (χ0v) is 17.1. The highest BCUT2D eigenvalue weighted by molar-refractivity contribution is 7.98. The average Bonchev–Trinajstić information content (AvgIpc) is 3.30. The minimum Gasteiger partial charge on any atom is -0.452 e. The fourth-order valence-electron chi connectivity index (χ4n) is 3.98. The van der Waals surface area contributed by atoms with Gasteiger partial charge in [0.15, 0.2) is 16.4 Å². The third-order valence-corrected chi connectivity index (χ3v) is 7.81. The van der Waals surface area contributed by atoms with Crippen molar-refractivity contribution in [2.75, 3.05) is 24.4 Å². The lowest BCUT2D eigenvalue weighted by Gasteiger charge is -2.33. The molecule has 3 rings (SSSR count). The number of thioether (sulfide) groups is 1. The van der Waals surface area contributed by atoms with E-state index in [1.54, 1.807) is 17.0 Å². The largest absolute Gasteiger partial charge is 0.452 e. The van der Waals surface area contributed by atoms with Crippen molar-refractivity contribution < 1.29 is 22.7 Å². The van der Waals surface area contributed by atoms with Gasteiger partial charge in [-0.3, -0.25) is 4.79 Å². The average molecular weight is 412 g/mol. The maximum Gasteiger partial charge on any atom is 0.339 e. The predicted molar refractivity (Wildman–Crippen MR) is 105 cm³/mol. The van der Waals surface area contributed by atoms with E-state index in [1.165, 1.54) is 11.8 Å². The summed E-state index contributed by atoms with van der Waals surface area (Å²) >= 11 is 1.44. The zero-order chi connectivity index (χ0) is 19.4. The van der Waals surface area contributed by atoms with Crippen molar-refractivity contribution in [2.24, 2.45) is 0 Å². The lowest BCUT2D eigenvalue weighted by molar-refractivity contribution is -0.139. The van der Waals surface area contributed by atoms with Crippen LogP contribution in [-0.4, -0.2) is 61.6 Å². The smallest absolute Gasteiger partial charge is 0.339 e. The van der Waals surface area contributed by atoms with Crippen molar-refractivity contribution in [3.05, 3.63) is 29.8 Å². The highest BCUT2D eigenvalue weighted by Crippen LogP contribution is 2.29. The van der Waals surface area contributed by atoms with Gasteiger partial charge in [0, 0.05) is 17.0 Å². The van der Waals surface area contributed by atoms with Crippen molar-refractivity contribution in [2.45, 2.75) is 49.1 Å². The van der Waals surface area contributed by atoms with Gasteiger partial charge in [-0.25, -0.2) is 13.2 Å². The number of sulfone groups is 1. The van der Waals surface area contributed by atoms with Crippen LogP contribution in [0.4, 0.5) is 0 Å². The van der Waals surface area contributed by atoms with Crippen molar-refractivity contribution in [3.63, 3.8) is 0 Å². The number of nitrogens with zero attached hydrogens (tertiary/aromatic N) is 1. The van der Waals surface area contributed by atoms with E-state index in [0.29, 0.717) is 12.0 Å². The molecule has 1 saturated heterocycles. The van der Waals surface area contributed by atoms with Crippen LogP contribution in [0.5, 0.6) is 0 Å². The lowest BCUT2D eigenvalue weighted by Crippen LogP contribution is -2.48. The Morgan fingerprint density at radius 1 is 1.15 bits per heavy atom. The highest BCUT2D eigenvalue weighted by atomic mass is 32.2. The van der Waals surface area contributed by atoms with Crippen LogP contribution >= 0.6 is 11.8 Å². The Morgan fingerprint density at radius 2 is 1.85 bits per heavy atom. The highest BCUT2D eigenvalue weighted by Gasteiger charge is 2.39. The standard InChI is InChI=1S/C19H25NO5S2/c1-26-17-9-5-4-8-16(17)19(22)25-12-18(21)20(14-6-2-3-7-14)15-10-11-27(23,24)13-15/h4-5,8-9,14-15H,2-3,6-7,10-13H2,1H3/t15-/m0/s1. The normalized spacial score (nSPS) is 21.9. The van der Waals surface area contributed by atoms with Gasteiger partial charge in [0.05, 0.1) is 17.1 Å². The van der Waals surface area contributed by atoms with Crippen LogP contribution < -0.4 is 0 Å². The fraction of sp³-hybridized carbons (Fsp3) is 0.579. The molecule has 1 amide bonds.